The summed E-state index contributed by atoms with van der Waals surface area (Å²) in [6, 6.07) is 3.65. The molecule has 0 aliphatic rings. The van der Waals surface area contributed by atoms with Crippen LogP contribution in [0, 0.1) is 0 Å². The van der Waals surface area contributed by atoms with Crippen molar-refractivity contribution in [2.24, 2.45) is 0 Å². The molecule has 0 saturated carbocycles. The molecule has 0 aliphatic carbocycles. The molecular weight excluding hydrogens is 168 g/mol. The van der Waals surface area contributed by atoms with Gasteiger partial charge in [0.25, 0.3) is 0 Å². The summed E-state index contributed by atoms with van der Waals surface area (Å²) >= 11 is 0. The molecule has 1 aromatic heterocycles. The van der Waals surface area contributed by atoms with Crippen molar-refractivity contribution in [3.05, 3.63) is 24.1 Å². The third kappa shape index (κ3) is 1.25. The van der Waals surface area contributed by atoms with Gasteiger partial charge in [0, 0.05) is 12.1 Å². The second-order valence-electron chi connectivity index (χ2n) is 2.80. The van der Waals surface area contributed by atoms with Gasteiger partial charge >= 0.3 is 0 Å². The number of phenols is 1. The fourth-order valence-corrected chi connectivity index (χ4v) is 1.29. The molecule has 0 saturated heterocycles. The normalized spacial score (nSPS) is 10.8. The summed E-state index contributed by atoms with van der Waals surface area (Å²) in [5.41, 5.74) is 1.94. The molecule has 1 aromatic carbocycles. The minimum absolute atomic E-state index is 0.171. The first-order valence-electron chi connectivity index (χ1n) is 4.01. The van der Waals surface area contributed by atoms with Gasteiger partial charge < -0.3 is 14.8 Å². The van der Waals surface area contributed by atoms with E-state index in [1.807, 2.05) is 19.2 Å². The zero-order chi connectivity index (χ0) is 9.26. The maximum atomic E-state index is 9.70. The molecule has 0 unspecified atom stereocenters. The average molecular weight is 178 g/mol. The Morgan fingerprint density at radius 1 is 1.54 bits per heavy atom. The summed E-state index contributed by atoms with van der Waals surface area (Å²) in [4.78, 5) is 3.93. The van der Waals surface area contributed by atoms with Gasteiger partial charge in [-0.25, -0.2) is 4.98 Å². The van der Waals surface area contributed by atoms with Crippen molar-refractivity contribution in [2.45, 2.75) is 6.54 Å². The highest BCUT2D eigenvalue weighted by molar-refractivity contribution is 5.80. The van der Waals surface area contributed by atoms with E-state index in [4.69, 9.17) is 4.42 Å². The topological polar surface area (TPSA) is 58.3 Å². The largest absolute Gasteiger partial charge is 0.504 e. The molecule has 1 heterocycles. The number of aromatic nitrogens is 1. The third-order valence-electron chi connectivity index (χ3n) is 1.92. The lowest BCUT2D eigenvalue weighted by molar-refractivity contribution is 0.456. The van der Waals surface area contributed by atoms with E-state index in [9.17, 15) is 5.11 Å². The van der Waals surface area contributed by atoms with Crippen molar-refractivity contribution in [1.82, 2.24) is 10.3 Å². The molecule has 0 bridgehead atoms. The SMILES string of the molecule is CNCc1ccc2ncoc2c1O. The van der Waals surface area contributed by atoms with Gasteiger partial charge in [-0.1, -0.05) is 6.07 Å². The second kappa shape index (κ2) is 3.06. The number of nitrogens with zero attached hydrogens (tertiary/aromatic N) is 1. The highest BCUT2D eigenvalue weighted by Crippen LogP contribution is 2.27. The van der Waals surface area contributed by atoms with Crippen molar-refractivity contribution in [3.63, 3.8) is 0 Å². The van der Waals surface area contributed by atoms with E-state index >= 15 is 0 Å². The number of phenolic OH excluding ortho intramolecular Hbond substituents is 1. The number of oxazole rings is 1. The van der Waals surface area contributed by atoms with Crippen LogP contribution in [-0.4, -0.2) is 17.1 Å². The van der Waals surface area contributed by atoms with Crippen LogP contribution in [0.1, 0.15) is 5.56 Å². The monoisotopic (exact) mass is 178 g/mol. The molecule has 4 nitrogen and oxygen atoms in total. The van der Waals surface area contributed by atoms with Crippen LogP contribution in [-0.2, 0) is 6.54 Å². The summed E-state index contributed by atoms with van der Waals surface area (Å²) in [7, 11) is 1.82. The molecule has 2 rings (SSSR count). The summed E-state index contributed by atoms with van der Waals surface area (Å²) in [6.07, 6.45) is 1.33. The van der Waals surface area contributed by atoms with Gasteiger partial charge in [0.05, 0.1) is 0 Å². The van der Waals surface area contributed by atoms with Crippen LogP contribution in [0.2, 0.25) is 0 Å². The van der Waals surface area contributed by atoms with Gasteiger partial charge in [-0.3, -0.25) is 0 Å². The Hall–Kier alpha value is -1.55. The first-order chi connectivity index (χ1) is 6.33. The Labute approximate surface area is 75.2 Å². The highest BCUT2D eigenvalue weighted by Gasteiger charge is 2.08. The standard InChI is InChI=1S/C9H10N2O2/c1-10-4-6-2-3-7-9(8(6)12)13-5-11-7/h2-3,5,10,12H,4H2,1H3. The minimum atomic E-state index is 0.171. The third-order valence-corrected chi connectivity index (χ3v) is 1.92. The van der Waals surface area contributed by atoms with Crippen molar-refractivity contribution in [1.29, 1.82) is 0 Å². The Bertz CT molecular complexity index is 422. The highest BCUT2D eigenvalue weighted by atomic mass is 16.4. The molecule has 0 fully saturated rings. The summed E-state index contributed by atoms with van der Waals surface area (Å²) in [5, 5.41) is 12.7. The van der Waals surface area contributed by atoms with Gasteiger partial charge in [0.2, 0.25) is 0 Å². The van der Waals surface area contributed by atoms with E-state index in [1.54, 1.807) is 0 Å². The zero-order valence-corrected chi connectivity index (χ0v) is 7.24. The number of fused-ring (bicyclic) bond motifs is 1. The Morgan fingerprint density at radius 3 is 3.15 bits per heavy atom. The second-order valence-corrected chi connectivity index (χ2v) is 2.80. The molecule has 0 spiro atoms. The lowest BCUT2D eigenvalue weighted by Gasteiger charge is -2.02. The fraction of sp³-hybridized carbons (Fsp3) is 0.222. The van der Waals surface area contributed by atoms with E-state index in [2.05, 4.69) is 10.3 Å². The molecule has 0 aliphatic heterocycles. The van der Waals surface area contributed by atoms with E-state index in [0.29, 0.717) is 17.6 Å². The van der Waals surface area contributed by atoms with Gasteiger partial charge in [0.1, 0.15) is 5.52 Å². The van der Waals surface area contributed by atoms with Crippen molar-refractivity contribution in [2.75, 3.05) is 7.05 Å². The number of rotatable bonds is 2. The molecule has 4 heteroatoms. The van der Waals surface area contributed by atoms with Crippen LogP contribution in [0.25, 0.3) is 11.1 Å². The average Bonchev–Trinajstić information content (AvgIpc) is 2.58. The molecule has 0 atom stereocenters. The predicted molar refractivity (Wildman–Crippen MR) is 48.4 cm³/mol. The number of benzene rings is 1. The first-order valence-corrected chi connectivity index (χ1v) is 4.01. The molecule has 0 amide bonds. The molecule has 0 radical (unpaired) electrons. The summed E-state index contributed by atoms with van der Waals surface area (Å²) in [6.45, 7) is 0.614. The van der Waals surface area contributed by atoms with Gasteiger partial charge in [-0.15, -0.1) is 0 Å². The van der Waals surface area contributed by atoms with Crippen LogP contribution in [0.15, 0.2) is 22.9 Å². The quantitative estimate of drug-likeness (QED) is 0.726. The van der Waals surface area contributed by atoms with E-state index in [0.717, 1.165) is 5.56 Å². The van der Waals surface area contributed by atoms with E-state index in [-0.39, 0.29) is 5.75 Å². The Morgan fingerprint density at radius 2 is 2.38 bits per heavy atom. The van der Waals surface area contributed by atoms with Gasteiger partial charge in [-0.2, -0.15) is 0 Å². The van der Waals surface area contributed by atoms with Crippen LogP contribution >= 0.6 is 0 Å². The summed E-state index contributed by atoms with van der Waals surface area (Å²) in [5.74, 6) is 0.171. The zero-order valence-electron chi connectivity index (χ0n) is 7.24. The molecular formula is C9H10N2O2. The summed E-state index contributed by atoms with van der Waals surface area (Å²) < 4.78 is 5.05. The van der Waals surface area contributed by atoms with Crippen LogP contribution in [0.4, 0.5) is 0 Å². The van der Waals surface area contributed by atoms with Gasteiger partial charge in [0.15, 0.2) is 17.7 Å². The number of hydrogen-bond acceptors (Lipinski definition) is 4. The van der Waals surface area contributed by atoms with Crippen LogP contribution in [0.3, 0.4) is 0 Å². The number of aromatic hydroxyl groups is 1. The molecule has 2 N–H and O–H groups in total. The molecule has 2 aromatic rings. The lowest BCUT2D eigenvalue weighted by Crippen LogP contribution is -2.04. The minimum Gasteiger partial charge on any atom is -0.504 e. The van der Waals surface area contributed by atoms with Crippen LogP contribution < -0.4 is 5.32 Å². The Kier molecular flexibility index (Phi) is 1.90. The van der Waals surface area contributed by atoms with E-state index < -0.39 is 0 Å². The Balaban J connectivity index is 2.59. The maximum absolute atomic E-state index is 9.70. The van der Waals surface area contributed by atoms with Crippen LogP contribution in [0.5, 0.6) is 5.75 Å². The fourth-order valence-electron chi connectivity index (χ4n) is 1.29. The number of hydrogen-bond donors (Lipinski definition) is 2. The van der Waals surface area contributed by atoms with E-state index in [1.165, 1.54) is 6.39 Å². The first kappa shape index (κ1) is 8.07. The number of nitrogens with one attached hydrogen (secondary N) is 1. The van der Waals surface area contributed by atoms with Crippen molar-refractivity contribution in [3.8, 4) is 5.75 Å². The van der Waals surface area contributed by atoms with Gasteiger partial charge in [-0.05, 0) is 13.1 Å². The lowest BCUT2D eigenvalue weighted by atomic mass is 10.2. The molecule has 68 valence electrons. The maximum Gasteiger partial charge on any atom is 0.196 e. The predicted octanol–water partition coefficient (Wildman–Crippen LogP) is 1.25. The smallest absolute Gasteiger partial charge is 0.196 e. The molecule has 13 heavy (non-hydrogen) atoms. The van der Waals surface area contributed by atoms with Crippen molar-refractivity contribution >= 4 is 11.1 Å². The van der Waals surface area contributed by atoms with Crippen molar-refractivity contribution < 1.29 is 9.52 Å².